The highest BCUT2D eigenvalue weighted by molar-refractivity contribution is 7.99. The highest BCUT2D eigenvalue weighted by atomic mass is 32.2. The summed E-state index contributed by atoms with van der Waals surface area (Å²) in [7, 11) is 1.65. The van der Waals surface area contributed by atoms with Crippen molar-refractivity contribution in [1.82, 2.24) is 14.8 Å². The van der Waals surface area contributed by atoms with Gasteiger partial charge in [0.15, 0.2) is 11.0 Å². The first-order valence-corrected chi connectivity index (χ1v) is 8.97. The van der Waals surface area contributed by atoms with Gasteiger partial charge in [-0.1, -0.05) is 42.1 Å². The Labute approximate surface area is 151 Å². The number of rotatable bonds is 7. The standard InChI is InChI=1S/C19H18N4OS/c1-24-17-11-7-8-15(14-17)18-21-22-19(25-13-6-5-12-20)23(18)16-9-3-2-4-10-16/h2-4,7-11,14H,5-6,13H2,1H3. The van der Waals surface area contributed by atoms with Gasteiger partial charge >= 0.3 is 0 Å². The minimum atomic E-state index is 0.551. The second-order valence-corrected chi connectivity index (χ2v) is 6.38. The van der Waals surface area contributed by atoms with E-state index in [0.717, 1.165) is 40.2 Å². The van der Waals surface area contributed by atoms with Crippen LogP contribution in [0.15, 0.2) is 59.8 Å². The van der Waals surface area contributed by atoms with Crippen LogP contribution in [0.1, 0.15) is 12.8 Å². The van der Waals surface area contributed by atoms with Crippen molar-refractivity contribution in [2.24, 2.45) is 0 Å². The Kier molecular flexibility index (Phi) is 5.70. The number of hydrogen-bond acceptors (Lipinski definition) is 5. The van der Waals surface area contributed by atoms with Crippen molar-refractivity contribution >= 4 is 11.8 Å². The number of hydrogen-bond donors (Lipinski definition) is 0. The summed E-state index contributed by atoms with van der Waals surface area (Å²) in [5, 5.41) is 18.3. The summed E-state index contributed by atoms with van der Waals surface area (Å²) in [5.41, 5.74) is 1.95. The summed E-state index contributed by atoms with van der Waals surface area (Å²) in [5.74, 6) is 2.38. The molecule has 3 rings (SSSR count). The largest absolute Gasteiger partial charge is 0.497 e. The summed E-state index contributed by atoms with van der Waals surface area (Å²) >= 11 is 1.61. The molecule has 0 bridgehead atoms. The Morgan fingerprint density at radius 1 is 1.12 bits per heavy atom. The lowest BCUT2D eigenvalue weighted by Gasteiger charge is -2.10. The Morgan fingerprint density at radius 2 is 1.96 bits per heavy atom. The number of aromatic nitrogens is 3. The van der Waals surface area contributed by atoms with Crippen molar-refractivity contribution < 1.29 is 4.74 Å². The van der Waals surface area contributed by atoms with Crippen LogP contribution in [-0.2, 0) is 0 Å². The van der Waals surface area contributed by atoms with Gasteiger partial charge in [0.05, 0.1) is 13.2 Å². The second-order valence-electron chi connectivity index (χ2n) is 5.32. The van der Waals surface area contributed by atoms with Crippen molar-refractivity contribution in [2.75, 3.05) is 12.9 Å². The topological polar surface area (TPSA) is 63.7 Å². The zero-order valence-corrected chi connectivity index (χ0v) is 14.7. The van der Waals surface area contributed by atoms with E-state index in [4.69, 9.17) is 10.00 Å². The normalized spacial score (nSPS) is 10.4. The molecule has 0 spiro atoms. The smallest absolute Gasteiger partial charge is 0.196 e. The van der Waals surface area contributed by atoms with Crippen LogP contribution in [0.3, 0.4) is 0 Å². The zero-order chi connectivity index (χ0) is 17.5. The Bertz CT molecular complexity index is 871. The van der Waals surface area contributed by atoms with E-state index in [9.17, 15) is 0 Å². The van der Waals surface area contributed by atoms with Gasteiger partial charge in [0.2, 0.25) is 0 Å². The Morgan fingerprint density at radius 3 is 2.72 bits per heavy atom. The van der Waals surface area contributed by atoms with Crippen molar-refractivity contribution in [2.45, 2.75) is 18.0 Å². The maximum Gasteiger partial charge on any atom is 0.196 e. The van der Waals surface area contributed by atoms with Gasteiger partial charge in [-0.2, -0.15) is 5.26 Å². The van der Waals surface area contributed by atoms with Crippen molar-refractivity contribution in [3.05, 3.63) is 54.6 Å². The van der Waals surface area contributed by atoms with E-state index in [2.05, 4.69) is 16.3 Å². The summed E-state index contributed by atoms with van der Waals surface area (Å²) in [4.78, 5) is 0. The van der Waals surface area contributed by atoms with Gasteiger partial charge in [-0.15, -0.1) is 10.2 Å². The van der Waals surface area contributed by atoms with E-state index < -0.39 is 0 Å². The molecule has 25 heavy (non-hydrogen) atoms. The van der Waals surface area contributed by atoms with Crippen LogP contribution in [0.5, 0.6) is 5.75 Å². The number of nitriles is 1. The molecular formula is C19H18N4OS. The Hall–Kier alpha value is -2.78. The SMILES string of the molecule is COc1cccc(-c2nnc(SCCCC#N)n2-c2ccccc2)c1. The van der Waals surface area contributed by atoms with Crippen molar-refractivity contribution in [3.8, 4) is 28.9 Å². The molecule has 126 valence electrons. The fourth-order valence-corrected chi connectivity index (χ4v) is 3.33. The minimum absolute atomic E-state index is 0.551. The second kappa shape index (κ2) is 8.36. The lowest BCUT2D eigenvalue weighted by atomic mass is 10.2. The number of benzene rings is 2. The highest BCUT2D eigenvalue weighted by Crippen LogP contribution is 2.29. The van der Waals surface area contributed by atoms with Gasteiger partial charge in [0.25, 0.3) is 0 Å². The molecule has 0 aliphatic carbocycles. The molecule has 0 atom stereocenters. The molecule has 0 N–H and O–H groups in total. The number of ether oxygens (including phenoxy) is 1. The van der Waals surface area contributed by atoms with Crippen LogP contribution in [-0.4, -0.2) is 27.6 Å². The molecule has 1 heterocycles. The zero-order valence-electron chi connectivity index (χ0n) is 13.9. The number of thioether (sulfide) groups is 1. The lowest BCUT2D eigenvalue weighted by Crippen LogP contribution is -2.00. The quantitative estimate of drug-likeness (QED) is 0.468. The molecular weight excluding hydrogens is 332 g/mol. The third-order valence-electron chi connectivity index (χ3n) is 3.64. The molecule has 0 saturated carbocycles. The maximum atomic E-state index is 8.69. The van der Waals surface area contributed by atoms with Crippen LogP contribution in [0.4, 0.5) is 0 Å². The van der Waals surface area contributed by atoms with Gasteiger partial charge in [0.1, 0.15) is 5.75 Å². The molecule has 6 heteroatoms. The molecule has 0 saturated heterocycles. The molecule has 1 aromatic heterocycles. The van der Waals surface area contributed by atoms with E-state index in [0.29, 0.717) is 6.42 Å². The number of para-hydroxylation sites is 1. The first kappa shape index (κ1) is 17.1. The third-order valence-corrected chi connectivity index (χ3v) is 4.65. The first-order valence-electron chi connectivity index (χ1n) is 7.98. The molecule has 0 aliphatic heterocycles. The molecule has 0 aliphatic rings. The van der Waals surface area contributed by atoms with Crippen LogP contribution >= 0.6 is 11.8 Å². The van der Waals surface area contributed by atoms with Crippen LogP contribution in [0, 0.1) is 11.3 Å². The number of methoxy groups -OCH3 is 1. The van der Waals surface area contributed by atoms with Gasteiger partial charge in [0, 0.05) is 23.4 Å². The monoisotopic (exact) mass is 350 g/mol. The Balaban J connectivity index is 2.00. The molecule has 3 aromatic rings. The van der Waals surface area contributed by atoms with Gasteiger partial charge in [-0.25, -0.2) is 0 Å². The number of nitrogens with zero attached hydrogens (tertiary/aromatic N) is 4. The van der Waals surface area contributed by atoms with E-state index in [-0.39, 0.29) is 0 Å². The first-order chi connectivity index (χ1) is 12.3. The van der Waals surface area contributed by atoms with Crippen LogP contribution in [0.2, 0.25) is 0 Å². The average Bonchev–Trinajstić information content (AvgIpc) is 3.10. The van der Waals surface area contributed by atoms with Crippen LogP contribution < -0.4 is 4.74 Å². The van der Waals surface area contributed by atoms with Crippen molar-refractivity contribution in [3.63, 3.8) is 0 Å². The number of unbranched alkanes of at least 4 members (excludes halogenated alkanes) is 1. The van der Waals surface area contributed by atoms with Crippen LogP contribution in [0.25, 0.3) is 17.1 Å². The van der Waals surface area contributed by atoms with Gasteiger partial charge in [-0.05, 0) is 30.7 Å². The minimum Gasteiger partial charge on any atom is -0.497 e. The van der Waals surface area contributed by atoms with E-state index in [1.807, 2.05) is 59.2 Å². The maximum absolute atomic E-state index is 8.69. The summed E-state index contributed by atoms with van der Waals surface area (Å²) in [6.45, 7) is 0. The fraction of sp³-hybridized carbons (Fsp3) is 0.211. The van der Waals surface area contributed by atoms with E-state index in [1.165, 1.54) is 0 Å². The predicted molar refractivity (Wildman–Crippen MR) is 98.9 cm³/mol. The van der Waals surface area contributed by atoms with Gasteiger partial charge < -0.3 is 4.74 Å². The molecule has 2 aromatic carbocycles. The fourth-order valence-electron chi connectivity index (χ4n) is 2.44. The van der Waals surface area contributed by atoms with Crippen molar-refractivity contribution in [1.29, 1.82) is 5.26 Å². The summed E-state index contributed by atoms with van der Waals surface area (Å²) in [6.07, 6.45) is 1.38. The average molecular weight is 350 g/mol. The summed E-state index contributed by atoms with van der Waals surface area (Å²) in [6, 6.07) is 20.0. The molecule has 5 nitrogen and oxygen atoms in total. The molecule has 0 unspecified atom stereocenters. The molecule has 0 fully saturated rings. The molecule has 0 amide bonds. The van der Waals surface area contributed by atoms with E-state index >= 15 is 0 Å². The predicted octanol–water partition coefficient (Wildman–Crippen LogP) is 4.34. The van der Waals surface area contributed by atoms with Gasteiger partial charge in [-0.3, -0.25) is 4.57 Å². The van der Waals surface area contributed by atoms with E-state index in [1.54, 1.807) is 18.9 Å². The highest BCUT2D eigenvalue weighted by Gasteiger charge is 2.16. The molecule has 0 radical (unpaired) electrons. The summed E-state index contributed by atoms with van der Waals surface area (Å²) < 4.78 is 7.37. The lowest BCUT2D eigenvalue weighted by molar-refractivity contribution is 0.415. The third kappa shape index (κ3) is 4.01.